The second-order valence-corrected chi connectivity index (χ2v) is 4.13. The molecule has 0 aliphatic heterocycles. The minimum atomic E-state index is -4.58. The smallest absolute Gasteiger partial charge is 0.382 e. The van der Waals surface area contributed by atoms with Gasteiger partial charge in [-0.1, -0.05) is 48.5 Å². The minimum absolute atomic E-state index is 0.0867. The zero-order valence-corrected chi connectivity index (χ0v) is 10.7. The quantitative estimate of drug-likeness (QED) is 0.825. The first-order chi connectivity index (χ1) is 9.56. The average Bonchev–Trinajstić information content (AvgIpc) is 2.44. The molecule has 20 heavy (non-hydrogen) atoms. The van der Waals surface area contributed by atoms with Crippen LogP contribution in [-0.4, -0.2) is 19.5 Å². The Balaban J connectivity index is 2.02. The van der Waals surface area contributed by atoms with Crippen molar-refractivity contribution in [2.45, 2.75) is 6.36 Å². The summed E-state index contributed by atoms with van der Waals surface area (Å²) in [6.07, 6.45) is -4.58. The Bertz CT molecular complexity index is 540. The van der Waals surface area contributed by atoms with E-state index in [-0.39, 0.29) is 6.54 Å². The van der Waals surface area contributed by atoms with Crippen LogP contribution in [0.2, 0.25) is 0 Å². The van der Waals surface area contributed by atoms with Gasteiger partial charge in [-0.3, -0.25) is 4.74 Å². The molecule has 0 saturated heterocycles. The molecule has 0 atom stereocenters. The van der Waals surface area contributed by atoms with Crippen LogP contribution in [0, 0.1) is 0 Å². The van der Waals surface area contributed by atoms with Crippen LogP contribution in [0.25, 0.3) is 11.1 Å². The average molecular weight is 281 g/mol. The van der Waals surface area contributed by atoms with Crippen molar-refractivity contribution in [1.82, 2.24) is 0 Å². The van der Waals surface area contributed by atoms with Crippen LogP contribution < -0.4 is 5.32 Å². The van der Waals surface area contributed by atoms with E-state index in [2.05, 4.69) is 10.1 Å². The normalized spacial score (nSPS) is 11.3. The van der Waals surface area contributed by atoms with Gasteiger partial charge in [-0.15, -0.1) is 13.2 Å². The van der Waals surface area contributed by atoms with Gasteiger partial charge in [0.25, 0.3) is 0 Å². The first-order valence-electron chi connectivity index (χ1n) is 6.15. The summed E-state index contributed by atoms with van der Waals surface area (Å²) in [5, 5.41) is 2.96. The lowest BCUT2D eigenvalue weighted by atomic mass is 10.0. The number of ether oxygens (including phenoxy) is 1. The number of rotatable bonds is 5. The molecule has 0 bridgehead atoms. The van der Waals surface area contributed by atoms with E-state index < -0.39 is 13.0 Å². The van der Waals surface area contributed by atoms with Gasteiger partial charge in [0.1, 0.15) is 0 Å². The summed E-state index contributed by atoms with van der Waals surface area (Å²) in [7, 11) is 0. The summed E-state index contributed by atoms with van der Waals surface area (Å²) in [6, 6.07) is 17.1. The topological polar surface area (TPSA) is 21.3 Å². The van der Waals surface area contributed by atoms with E-state index in [1.165, 1.54) is 0 Å². The summed E-state index contributed by atoms with van der Waals surface area (Å²) in [4.78, 5) is 0. The molecule has 0 unspecified atom stereocenters. The van der Waals surface area contributed by atoms with E-state index >= 15 is 0 Å². The molecule has 0 amide bonds. The highest BCUT2D eigenvalue weighted by atomic mass is 19.4. The number of benzene rings is 2. The summed E-state index contributed by atoms with van der Waals surface area (Å²) in [6.45, 7) is -0.337. The van der Waals surface area contributed by atoms with E-state index in [4.69, 9.17) is 0 Å². The van der Waals surface area contributed by atoms with Crippen molar-refractivity contribution in [3.63, 3.8) is 0 Å². The highest BCUT2D eigenvalue weighted by molar-refractivity contribution is 5.77. The van der Waals surface area contributed by atoms with E-state index in [1.54, 1.807) is 0 Å². The second-order valence-electron chi connectivity index (χ2n) is 4.13. The zero-order chi connectivity index (χ0) is 14.4. The van der Waals surface area contributed by atoms with Crippen LogP contribution in [0.15, 0.2) is 54.6 Å². The molecular formula is C15H14F3NO. The number of alkyl halides is 3. The molecule has 0 saturated carbocycles. The number of halogens is 3. The third kappa shape index (κ3) is 4.28. The van der Waals surface area contributed by atoms with Gasteiger partial charge < -0.3 is 5.32 Å². The fourth-order valence-electron chi connectivity index (χ4n) is 1.86. The molecule has 5 heteroatoms. The molecule has 0 heterocycles. The number of para-hydroxylation sites is 1. The van der Waals surface area contributed by atoms with Crippen molar-refractivity contribution < 1.29 is 17.9 Å². The van der Waals surface area contributed by atoms with Crippen molar-refractivity contribution in [2.24, 2.45) is 0 Å². The molecule has 0 aliphatic rings. The number of hydrogen-bond donors (Lipinski definition) is 1. The molecule has 0 fully saturated rings. The maximum Gasteiger partial charge on any atom is 0.522 e. The molecule has 0 spiro atoms. The van der Waals surface area contributed by atoms with Gasteiger partial charge in [0.15, 0.2) is 0 Å². The van der Waals surface area contributed by atoms with E-state index in [0.717, 1.165) is 16.8 Å². The Morgan fingerprint density at radius 1 is 0.900 bits per heavy atom. The van der Waals surface area contributed by atoms with Crippen molar-refractivity contribution in [2.75, 3.05) is 18.5 Å². The third-order valence-corrected chi connectivity index (χ3v) is 2.70. The van der Waals surface area contributed by atoms with Crippen LogP contribution >= 0.6 is 0 Å². The predicted molar refractivity (Wildman–Crippen MR) is 72.4 cm³/mol. The van der Waals surface area contributed by atoms with Crippen LogP contribution in [-0.2, 0) is 4.74 Å². The number of hydrogen-bond acceptors (Lipinski definition) is 2. The van der Waals surface area contributed by atoms with Gasteiger partial charge in [-0.05, 0) is 11.6 Å². The Morgan fingerprint density at radius 2 is 1.55 bits per heavy atom. The zero-order valence-electron chi connectivity index (χ0n) is 10.7. The van der Waals surface area contributed by atoms with Gasteiger partial charge in [0.2, 0.25) is 0 Å². The Kier molecular flexibility index (Phi) is 4.63. The van der Waals surface area contributed by atoms with E-state index in [0.29, 0.717) is 0 Å². The summed E-state index contributed by atoms with van der Waals surface area (Å²) in [5.74, 6) is 0. The van der Waals surface area contributed by atoms with E-state index in [1.807, 2.05) is 54.6 Å². The second kappa shape index (κ2) is 6.43. The van der Waals surface area contributed by atoms with Crippen LogP contribution in [0.5, 0.6) is 0 Å². The fourth-order valence-corrected chi connectivity index (χ4v) is 1.86. The summed E-state index contributed by atoms with van der Waals surface area (Å²) < 4.78 is 39.4. The fraction of sp³-hybridized carbons (Fsp3) is 0.200. The van der Waals surface area contributed by atoms with Crippen molar-refractivity contribution in [3.8, 4) is 11.1 Å². The largest absolute Gasteiger partial charge is 0.522 e. The van der Waals surface area contributed by atoms with Gasteiger partial charge >= 0.3 is 6.36 Å². The van der Waals surface area contributed by atoms with Gasteiger partial charge in [-0.25, -0.2) is 0 Å². The molecule has 106 valence electrons. The standard InChI is InChI=1S/C15H14F3NO/c16-15(17,18)20-11-10-19-14-9-5-4-8-13(14)12-6-2-1-3-7-12/h1-9,19H,10-11H2. The number of anilines is 1. The van der Waals surface area contributed by atoms with Gasteiger partial charge in [0, 0.05) is 17.8 Å². The lowest BCUT2D eigenvalue weighted by Crippen LogP contribution is -2.19. The molecule has 1 N–H and O–H groups in total. The van der Waals surface area contributed by atoms with Gasteiger partial charge in [0.05, 0.1) is 6.61 Å². The summed E-state index contributed by atoms with van der Waals surface area (Å²) >= 11 is 0. The van der Waals surface area contributed by atoms with Crippen LogP contribution in [0.1, 0.15) is 0 Å². The third-order valence-electron chi connectivity index (χ3n) is 2.70. The SMILES string of the molecule is FC(F)(F)OCCNc1ccccc1-c1ccccc1. The molecule has 2 aromatic carbocycles. The highest BCUT2D eigenvalue weighted by Gasteiger charge is 2.28. The van der Waals surface area contributed by atoms with Crippen LogP contribution in [0.3, 0.4) is 0 Å². The predicted octanol–water partition coefficient (Wildman–Crippen LogP) is 4.30. The Morgan fingerprint density at radius 3 is 2.25 bits per heavy atom. The Hall–Kier alpha value is -2.01. The van der Waals surface area contributed by atoms with Crippen LogP contribution in [0.4, 0.5) is 18.9 Å². The first kappa shape index (κ1) is 14.4. The monoisotopic (exact) mass is 281 g/mol. The molecule has 0 aromatic heterocycles. The maximum absolute atomic E-state index is 11.9. The van der Waals surface area contributed by atoms with Crippen molar-refractivity contribution >= 4 is 5.69 Å². The highest BCUT2D eigenvalue weighted by Crippen LogP contribution is 2.27. The lowest BCUT2D eigenvalue weighted by molar-refractivity contribution is -0.322. The maximum atomic E-state index is 11.9. The van der Waals surface area contributed by atoms with Crippen molar-refractivity contribution in [1.29, 1.82) is 0 Å². The van der Waals surface area contributed by atoms with Crippen molar-refractivity contribution in [3.05, 3.63) is 54.6 Å². The number of nitrogens with one attached hydrogen (secondary N) is 1. The molecule has 0 aliphatic carbocycles. The minimum Gasteiger partial charge on any atom is -0.382 e. The molecule has 2 nitrogen and oxygen atoms in total. The lowest BCUT2D eigenvalue weighted by Gasteiger charge is -2.13. The molecular weight excluding hydrogens is 267 g/mol. The molecule has 0 radical (unpaired) electrons. The molecule has 2 aromatic rings. The Labute approximate surface area is 115 Å². The van der Waals surface area contributed by atoms with Gasteiger partial charge in [-0.2, -0.15) is 0 Å². The van der Waals surface area contributed by atoms with E-state index in [9.17, 15) is 13.2 Å². The summed E-state index contributed by atoms with van der Waals surface area (Å²) in [5.41, 5.74) is 2.73. The molecule has 2 rings (SSSR count). The first-order valence-corrected chi connectivity index (χ1v) is 6.15.